The molecule has 2 N–H and O–H groups in total. The number of aromatic nitrogens is 3. The number of anilines is 1. The molecule has 9 heteroatoms. The smallest absolute Gasteiger partial charge is 0.277 e. The van der Waals surface area contributed by atoms with Gasteiger partial charge in [0.1, 0.15) is 11.5 Å². The van der Waals surface area contributed by atoms with Gasteiger partial charge in [0.2, 0.25) is 0 Å². The van der Waals surface area contributed by atoms with Gasteiger partial charge in [-0.25, -0.2) is 4.68 Å². The summed E-state index contributed by atoms with van der Waals surface area (Å²) < 4.78 is 11.8. The van der Waals surface area contributed by atoms with E-state index in [0.29, 0.717) is 35.8 Å². The fourth-order valence-corrected chi connectivity index (χ4v) is 2.57. The van der Waals surface area contributed by atoms with Crippen LogP contribution in [0.25, 0.3) is 0 Å². The van der Waals surface area contributed by atoms with E-state index in [9.17, 15) is 9.59 Å². The molecule has 0 spiro atoms. The van der Waals surface area contributed by atoms with Gasteiger partial charge in [0.25, 0.3) is 11.8 Å². The van der Waals surface area contributed by atoms with Gasteiger partial charge in [-0.15, -0.1) is 5.10 Å². The number of amides is 2. The maximum atomic E-state index is 12.4. The quantitative estimate of drug-likeness (QED) is 0.604. The lowest BCUT2D eigenvalue weighted by atomic mass is 10.2. The van der Waals surface area contributed by atoms with E-state index < -0.39 is 5.91 Å². The molecule has 0 radical (unpaired) electrons. The van der Waals surface area contributed by atoms with E-state index in [0.717, 1.165) is 0 Å². The second kappa shape index (κ2) is 9.36. The minimum Gasteiger partial charge on any atom is -0.497 e. The van der Waals surface area contributed by atoms with Crippen LogP contribution < -0.4 is 20.1 Å². The van der Waals surface area contributed by atoms with Gasteiger partial charge in [0.15, 0.2) is 5.69 Å². The molecule has 2 amide bonds. The molecule has 1 heterocycles. The maximum absolute atomic E-state index is 12.4. The Kier molecular flexibility index (Phi) is 6.41. The third kappa shape index (κ3) is 5.10. The zero-order chi connectivity index (χ0) is 20.6. The molecule has 0 fully saturated rings. The molecule has 0 unspecified atom stereocenters. The summed E-state index contributed by atoms with van der Waals surface area (Å²) in [5.41, 5.74) is 1.24. The molecule has 0 aliphatic heterocycles. The Balaban J connectivity index is 1.52. The van der Waals surface area contributed by atoms with E-state index in [-0.39, 0.29) is 11.6 Å². The summed E-state index contributed by atoms with van der Waals surface area (Å²) in [5.74, 6) is 0.627. The molecule has 3 rings (SSSR count). The molecule has 2 aromatic carbocycles. The fourth-order valence-electron chi connectivity index (χ4n) is 2.57. The molecule has 0 atom stereocenters. The number of para-hydroxylation sites is 2. The van der Waals surface area contributed by atoms with Gasteiger partial charge in [-0.3, -0.25) is 9.59 Å². The number of nitrogens with one attached hydrogen (secondary N) is 2. The Hall–Kier alpha value is -3.88. The van der Waals surface area contributed by atoms with Crippen LogP contribution in [0.1, 0.15) is 20.8 Å². The van der Waals surface area contributed by atoms with Crippen LogP contribution in [0.2, 0.25) is 0 Å². The molecule has 0 saturated carbocycles. The van der Waals surface area contributed by atoms with Gasteiger partial charge >= 0.3 is 0 Å². The van der Waals surface area contributed by atoms with Crippen molar-refractivity contribution in [2.45, 2.75) is 6.54 Å². The minimum absolute atomic E-state index is 0.164. The average Bonchev–Trinajstić information content (AvgIpc) is 3.23. The predicted octanol–water partition coefficient (Wildman–Crippen LogP) is 1.98. The lowest BCUT2D eigenvalue weighted by Crippen LogP contribution is -2.27. The number of rotatable bonds is 8. The van der Waals surface area contributed by atoms with Crippen LogP contribution in [-0.2, 0) is 6.54 Å². The summed E-state index contributed by atoms with van der Waals surface area (Å²) in [6, 6.07) is 13.9. The Morgan fingerprint density at radius 2 is 1.76 bits per heavy atom. The Morgan fingerprint density at radius 1 is 1.00 bits per heavy atom. The van der Waals surface area contributed by atoms with E-state index in [1.807, 2.05) is 6.07 Å². The van der Waals surface area contributed by atoms with E-state index >= 15 is 0 Å². The van der Waals surface area contributed by atoms with E-state index in [2.05, 4.69) is 20.9 Å². The number of ether oxygens (including phenoxy) is 2. The van der Waals surface area contributed by atoms with Crippen LogP contribution in [-0.4, -0.2) is 47.6 Å². The normalized spacial score (nSPS) is 10.3. The van der Waals surface area contributed by atoms with Crippen molar-refractivity contribution in [2.24, 2.45) is 0 Å². The number of hydrogen-bond acceptors (Lipinski definition) is 6. The molecule has 1 aromatic heterocycles. The highest BCUT2D eigenvalue weighted by molar-refractivity contribution is 6.03. The van der Waals surface area contributed by atoms with E-state index in [1.165, 1.54) is 18.0 Å². The van der Waals surface area contributed by atoms with E-state index in [4.69, 9.17) is 9.47 Å². The highest BCUT2D eigenvalue weighted by Crippen LogP contribution is 2.23. The van der Waals surface area contributed by atoms with Gasteiger partial charge in [-0.2, -0.15) is 0 Å². The molecular formula is C20H21N5O4. The van der Waals surface area contributed by atoms with Crippen molar-refractivity contribution in [3.05, 3.63) is 66.0 Å². The summed E-state index contributed by atoms with van der Waals surface area (Å²) in [5, 5.41) is 13.3. The molecule has 0 saturated heterocycles. The van der Waals surface area contributed by atoms with Gasteiger partial charge in [-0.05, 0) is 36.4 Å². The van der Waals surface area contributed by atoms with Crippen molar-refractivity contribution in [2.75, 3.05) is 26.1 Å². The topological polar surface area (TPSA) is 107 Å². The first-order valence-corrected chi connectivity index (χ1v) is 8.87. The van der Waals surface area contributed by atoms with Gasteiger partial charge in [0, 0.05) is 12.1 Å². The van der Waals surface area contributed by atoms with Gasteiger partial charge in [0.05, 0.1) is 32.6 Å². The average molecular weight is 395 g/mol. The number of carbonyl (C=O) groups is 2. The second-order valence-electron chi connectivity index (χ2n) is 6.01. The monoisotopic (exact) mass is 395 g/mol. The van der Waals surface area contributed by atoms with Crippen molar-refractivity contribution in [3.63, 3.8) is 0 Å². The first-order chi connectivity index (χ1) is 14.1. The predicted molar refractivity (Wildman–Crippen MR) is 106 cm³/mol. The molecule has 3 aromatic rings. The number of hydrogen-bond donors (Lipinski definition) is 2. The van der Waals surface area contributed by atoms with E-state index in [1.54, 1.807) is 49.6 Å². The fraction of sp³-hybridized carbons (Fsp3) is 0.200. The van der Waals surface area contributed by atoms with Gasteiger partial charge in [-0.1, -0.05) is 17.3 Å². The van der Waals surface area contributed by atoms with Crippen LogP contribution in [0.4, 0.5) is 5.69 Å². The molecule has 9 nitrogen and oxygen atoms in total. The summed E-state index contributed by atoms with van der Waals surface area (Å²) in [4.78, 5) is 24.5. The van der Waals surface area contributed by atoms with Crippen molar-refractivity contribution in [3.8, 4) is 11.5 Å². The van der Waals surface area contributed by atoms with Crippen LogP contribution in [0.15, 0.2) is 54.7 Å². The molecule has 0 aliphatic carbocycles. The van der Waals surface area contributed by atoms with Crippen LogP contribution in [0.3, 0.4) is 0 Å². The highest BCUT2D eigenvalue weighted by Gasteiger charge is 2.13. The highest BCUT2D eigenvalue weighted by atomic mass is 16.5. The standard InChI is InChI=1S/C20H21N5O4/c1-28-15-9-7-14(8-10-15)19(26)21-11-12-25-13-17(23-24-25)20(27)22-16-5-3-4-6-18(16)29-2/h3-10,13H,11-12H2,1-2H3,(H,21,26)(H,22,27). The first-order valence-electron chi connectivity index (χ1n) is 8.87. The zero-order valence-electron chi connectivity index (χ0n) is 16.1. The van der Waals surface area contributed by atoms with Gasteiger partial charge < -0.3 is 20.1 Å². The van der Waals surface area contributed by atoms with Crippen molar-refractivity contribution >= 4 is 17.5 Å². The summed E-state index contributed by atoms with van der Waals surface area (Å²) in [6.07, 6.45) is 1.52. The number of methoxy groups -OCH3 is 2. The summed E-state index contributed by atoms with van der Waals surface area (Å²) >= 11 is 0. The maximum Gasteiger partial charge on any atom is 0.277 e. The number of carbonyl (C=O) groups excluding carboxylic acids is 2. The van der Waals surface area contributed by atoms with Crippen LogP contribution in [0.5, 0.6) is 11.5 Å². The Morgan fingerprint density at radius 3 is 2.48 bits per heavy atom. The lowest BCUT2D eigenvalue weighted by Gasteiger charge is -2.08. The SMILES string of the molecule is COc1ccc(C(=O)NCCn2cc(C(=O)Nc3ccccc3OC)nn2)cc1. The minimum atomic E-state index is -0.400. The first kappa shape index (κ1) is 19.9. The van der Waals surface area contributed by atoms with Crippen molar-refractivity contribution in [1.29, 1.82) is 0 Å². The molecule has 0 aliphatic rings. The number of benzene rings is 2. The molecule has 29 heavy (non-hydrogen) atoms. The Labute approximate surface area is 167 Å². The third-order valence-electron chi connectivity index (χ3n) is 4.11. The van der Waals surface area contributed by atoms with Crippen LogP contribution >= 0.6 is 0 Å². The van der Waals surface area contributed by atoms with Crippen molar-refractivity contribution in [1.82, 2.24) is 20.3 Å². The lowest BCUT2D eigenvalue weighted by molar-refractivity contribution is 0.0950. The third-order valence-corrected chi connectivity index (χ3v) is 4.11. The molecule has 0 bridgehead atoms. The zero-order valence-corrected chi connectivity index (χ0v) is 16.1. The summed E-state index contributed by atoms with van der Waals surface area (Å²) in [7, 11) is 3.10. The molecule has 150 valence electrons. The number of nitrogens with zero attached hydrogens (tertiary/aromatic N) is 3. The van der Waals surface area contributed by atoms with Crippen LogP contribution in [0, 0.1) is 0 Å². The largest absolute Gasteiger partial charge is 0.497 e. The summed E-state index contributed by atoms with van der Waals surface area (Å²) in [6.45, 7) is 0.707. The van der Waals surface area contributed by atoms with Crippen molar-refractivity contribution < 1.29 is 19.1 Å². The Bertz CT molecular complexity index is 985. The molecular weight excluding hydrogens is 374 g/mol. The second-order valence-corrected chi connectivity index (χ2v) is 6.01.